The Bertz CT molecular complexity index is 1420. The molecule has 0 spiro atoms. The molecule has 3 nitrogen and oxygen atoms in total. The molecule has 0 fully saturated rings. The molecule has 3 heteroatoms. The molecule has 2 N–H and O–H groups in total. The van der Waals surface area contributed by atoms with E-state index in [-0.39, 0.29) is 11.4 Å². The highest BCUT2D eigenvalue weighted by Crippen LogP contribution is 2.40. The third kappa shape index (κ3) is 4.09. The Labute approximate surface area is 194 Å². The Balaban J connectivity index is 2.16. The van der Waals surface area contributed by atoms with Gasteiger partial charge in [-0.05, 0) is 62.0 Å². The minimum atomic E-state index is 0.216. The number of fused-ring (bicyclic) bond motifs is 2. The standard InChI is InChI=1S/C30H25N3/c1-4-10-20(5-2)17-22(19-33-3)30-25-13-8-6-11-23(25)29(24-12-7-9-14-26(24)30)21-15-16-27(31)28(32)18-21/h4-19,31-32H,1-2H2,3H3/b20-10+,22-17+,31-27?,32-28?,33-19-. The highest BCUT2D eigenvalue weighted by atomic mass is 14.6. The van der Waals surface area contributed by atoms with Gasteiger partial charge in [0.1, 0.15) is 0 Å². The van der Waals surface area contributed by atoms with Crippen LogP contribution in [-0.4, -0.2) is 24.7 Å². The zero-order chi connectivity index (χ0) is 23.4. The van der Waals surface area contributed by atoms with Crippen LogP contribution in [0.5, 0.6) is 0 Å². The van der Waals surface area contributed by atoms with Gasteiger partial charge in [0.25, 0.3) is 0 Å². The molecule has 0 saturated heterocycles. The number of benzene rings is 3. The summed E-state index contributed by atoms with van der Waals surface area (Å²) in [5.74, 6) is 0. The molecular formula is C30H25N3. The van der Waals surface area contributed by atoms with Gasteiger partial charge in [-0.15, -0.1) is 0 Å². The number of allylic oxidation sites excluding steroid dienone is 10. The molecule has 0 aliphatic heterocycles. The summed E-state index contributed by atoms with van der Waals surface area (Å²) in [6, 6.07) is 16.7. The Kier molecular flexibility index (Phi) is 6.23. The quantitative estimate of drug-likeness (QED) is 0.179. The summed E-state index contributed by atoms with van der Waals surface area (Å²) in [6.07, 6.45) is 14.8. The molecule has 0 heterocycles. The first-order valence-corrected chi connectivity index (χ1v) is 10.7. The summed E-state index contributed by atoms with van der Waals surface area (Å²) < 4.78 is 0. The van der Waals surface area contributed by atoms with Crippen molar-refractivity contribution in [2.75, 3.05) is 7.05 Å². The van der Waals surface area contributed by atoms with Crippen LogP contribution in [0.3, 0.4) is 0 Å². The molecule has 0 amide bonds. The van der Waals surface area contributed by atoms with Crippen molar-refractivity contribution >= 4 is 50.3 Å². The number of hydrogen-bond donors (Lipinski definition) is 2. The molecule has 1 aliphatic rings. The minimum absolute atomic E-state index is 0.216. The maximum Gasteiger partial charge on any atom is 0.0795 e. The van der Waals surface area contributed by atoms with Gasteiger partial charge in [-0.3, -0.25) is 15.8 Å². The molecular weight excluding hydrogens is 402 g/mol. The summed E-state index contributed by atoms with van der Waals surface area (Å²) in [5.41, 5.74) is 5.46. The second kappa shape index (κ2) is 9.41. The van der Waals surface area contributed by atoms with Crippen LogP contribution in [-0.2, 0) is 0 Å². The van der Waals surface area contributed by atoms with Crippen LogP contribution in [0.15, 0.2) is 115 Å². The lowest BCUT2D eigenvalue weighted by Crippen LogP contribution is -2.10. The lowest BCUT2D eigenvalue weighted by molar-refractivity contribution is 1.47. The molecule has 0 radical (unpaired) electrons. The van der Waals surface area contributed by atoms with E-state index < -0.39 is 0 Å². The van der Waals surface area contributed by atoms with Crippen LogP contribution < -0.4 is 0 Å². The van der Waals surface area contributed by atoms with E-state index >= 15 is 0 Å². The van der Waals surface area contributed by atoms with Crippen LogP contribution in [0.4, 0.5) is 0 Å². The molecule has 3 aromatic carbocycles. The van der Waals surface area contributed by atoms with Gasteiger partial charge in [0.2, 0.25) is 0 Å². The highest BCUT2D eigenvalue weighted by molar-refractivity contribution is 6.50. The van der Waals surface area contributed by atoms with Gasteiger partial charge >= 0.3 is 0 Å². The van der Waals surface area contributed by atoms with E-state index in [0.29, 0.717) is 0 Å². The van der Waals surface area contributed by atoms with Crippen LogP contribution in [0, 0.1) is 10.8 Å². The van der Waals surface area contributed by atoms with Gasteiger partial charge in [0.05, 0.1) is 11.4 Å². The molecule has 160 valence electrons. The minimum Gasteiger partial charge on any atom is -0.299 e. The third-order valence-electron chi connectivity index (χ3n) is 5.66. The fourth-order valence-corrected chi connectivity index (χ4v) is 4.25. The molecule has 3 aromatic rings. The van der Waals surface area contributed by atoms with Crippen molar-refractivity contribution in [1.82, 2.24) is 0 Å². The number of aliphatic imine (C=N–C) groups is 1. The first-order valence-electron chi connectivity index (χ1n) is 10.7. The Hall–Kier alpha value is -4.37. The maximum atomic E-state index is 8.19. The molecule has 0 aromatic heterocycles. The van der Waals surface area contributed by atoms with Gasteiger partial charge in [-0.2, -0.15) is 0 Å². The Morgan fingerprint density at radius 1 is 0.848 bits per heavy atom. The van der Waals surface area contributed by atoms with Gasteiger partial charge < -0.3 is 0 Å². The smallest absolute Gasteiger partial charge is 0.0795 e. The van der Waals surface area contributed by atoms with E-state index in [1.807, 2.05) is 48.7 Å². The summed E-state index contributed by atoms with van der Waals surface area (Å²) in [5, 5.41) is 20.5. The summed E-state index contributed by atoms with van der Waals surface area (Å²) in [6.45, 7) is 7.76. The van der Waals surface area contributed by atoms with Crippen molar-refractivity contribution in [3.05, 3.63) is 121 Å². The second-order valence-corrected chi connectivity index (χ2v) is 7.70. The van der Waals surface area contributed by atoms with E-state index in [9.17, 15) is 0 Å². The number of nitrogens with one attached hydrogen (secondary N) is 2. The summed E-state index contributed by atoms with van der Waals surface area (Å²) in [7, 11) is 1.77. The fourth-order valence-electron chi connectivity index (χ4n) is 4.25. The lowest BCUT2D eigenvalue weighted by atomic mass is 9.84. The SMILES string of the molecule is C=C/C=C(C=C)/C=C(\C=N/C)c1c2ccccc2c(C2=CC(=N)C(=N)C=C2)c2ccccc12. The molecule has 0 unspecified atom stereocenters. The van der Waals surface area contributed by atoms with Crippen molar-refractivity contribution < 1.29 is 0 Å². The predicted octanol–water partition coefficient (Wildman–Crippen LogP) is 7.37. The zero-order valence-corrected chi connectivity index (χ0v) is 18.6. The first-order chi connectivity index (χ1) is 16.1. The van der Waals surface area contributed by atoms with Crippen LogP contribution in [0.25, 0.3) is 32.7 Å². The van der Waals surface area contributed by atoms with E-state index in [2.05, 4.69) is 48.5 Å². The first kappa shape index (κ1) is 21.8. The molecule has 0 atom stereocenters. The Morgan fingerprint density at radius 3 is 1.97 bits per heavy atom. The monoisotopic (exact) mass is 427 g/mol. The fraction of sp³-hybridized carbons (Fsp3) is 0.0333. The predicted molar refractivity (Wildman–Crippen MR) is 145 cm³/mol. The molecule has 0 bridgehead atoms. The van der Waals surface area contributed by atoms with Crippen LogP contribution in [0.1, 0.15) is 11.1 Å². The molecule has 0 saturated carbocycles. The van der Waals surface area contributed by atoms with E-state index in [1.54, 1.807) is 25.3 Å². The van der Waals surface area contributed by atoms with E-state index in [4.69, 9.17) is 10.8 Å². The molecule has 1 aliphatic carbocycles. The number of rotatable bonds is 6. The maximum absolute atomic E-state index is 8.19. The second-order valence-electron chi connectivity index (χ2n) is 7.70. The van der Waals surface area contributed by atoms with Crippen molar-refractivity contribution in [3.8, 4) is 0 Å². The normalized spacial score (nSPS) is 14.9. The average Bonchev–Trinajstić information content (AvgIpc) is 2.83. The number of hydrogen-bond acceptors (Lipinski definition) is 3. The van der Waals surface area contributed by atoms with Crippen LogP contribution >= 0.6 is 0 Å². The van der Waals surface area contributed by atoms with Gasteiger partial charge in [-0.25, -0.2) is 0 Å². The van der Waals surface area contributed by atoms with Gasteiger partial charge in [0, 0.05) is 18.8 Å². The summed E-state index contributed by atoms with van der Waals surface area (Å²) >= 11 is 0. The van der Waals surface area contributed by atoms with Crippen molar-refractivity contribution in [2.45, 2.75) is 0 Å². The summed E-state index contributed by atoms with van der Waals surface area (Å²) in [4.78, 5) is 4.35. The van der Waals surface area contributed by atoms with E-state index in [0.717, 1.165) is 49.4 Å². The van der Waals surface area contributed by atoms with Crippen molar-refractivity contribution in [3.63, 3.8) is 0 Å². The van der Waals surface area contributed by atoms with Crippen LogP contribution in [0.2, 0.25) is 0 Å². The van der Waals surface area contributed by atoms with E-state index in [1.165, 1.54) is 0 Å². The highest BCUT2D eigenvalue weighted by Gasteiger charge is 2.19. The average molecular weight is 428 g/mol. The van der Waals surface area contributed by atoms with Crippen molar-refractivity contribution in [1.29, 1.82) is 10.8 Å². The lowest BCUT2D eigenvalue weighted by Gasteiger charge is -2.19. The Morgan fingerprint density at radius 2 is 1.45 bits per heavy atom. The van der Waals surface area contributed by atoms with Gasteiger partial charge in [-0.1, -0.05) is 86.0 Å². The largest absolute Gasteiger partial charge is 0.299 e. The molecule has 33 heavy (non-hydrogen) atoms. The zero-order valence-electron chi connectivity index (χ0n) is 18.6. The van der Waals surface area contributed by atoms with Crippen molar-refractivity contribution in [2.24, 2.45) is 4.99 Å². The van der Waals surface area contributed by atoms with Gasteiger partial charge in [0.15, 0.2) is 0 Å². The number of nitrogens with zero attached hydrogens (tertiary/aromatic N) is 1. The molecule has 4 rings (SSSR count). The third-order valence-corrected chi connectivity index (χ3v) is 5.66. The topological polar surface area (TPSA) is 60.1 Å².